The van der Waals surface area contributed by atoms with Crippen molar-refractivity contribution in [1.29, 1.82) is 0 Å². The summed E-state index contributed by atoms with van der Waals surface area (Å²) in [6.45, 7) is 3.95. The number of rotatable bonds is 9. The van der Waals surface area contributed by atoms with Crippen molar-refractivity contribution in [2.75, 3.05) is 42.9 Å². The lowest BCUT2D eigenvalue weighted by molar-refractivity contribution is -0.384. The summed E-state index contributed by atoms with van der Waals surface area (Å²) < 4.78 is 13.1. The molecule has 0 unspecified atom stereocenters. The van der Waals surface area contributed by atoms with E-state index in [2.05, 4.69) is 25.1 Å². The van der Waals surface area contributed by atoms with Crippen LogP contribution in [0.15, 0.2) is 103 Å². The number of ether oxygens (including phenoxy) is 2. The first-order valence-corrected chi connectivity index (χ1v) is 16.3. The number of nitro groups is 1. The van der Waals surface area contributed by atoms with Crippen molar-refractivity contribution >= 4 is 34.0 Å². The summed E-state index contributed by atoms with van der Waals surface area (Å²) in [6.07, 6.45) is 1.18. The number of amides is 1. The van der Waals surface area contributed by atoms with Crippen LogP contribution >= 0.6 is 0 Å². The van der Waals surface area contributed by atoms with Crippen molar-refractivity contribution in [1.82, 2.24) is 14.9 Å². The minimum Gasteiger partial charge on any atom is -0.392 e. The number of nitrogens with one attached hydrogen (secondary N) is 1. The molecule has 1 amide bonds. The van der Waals surface area contributed by atoms with Gasteiger partial charge in [0.05, 0.1) is 41.0 Å². The number of fused-ring (bicyclic) bond motifs is 1. The summed E-state index contributed by atoms with van der Waals surface area (Å²) in [7, 11) is 0. The number of carbonyl (C=O) groups excluding carboxylic acids is 1. The third kappa shape index (κ3) is 7.58. The fourth-order valence-electron chi connectivity index (χ4n) is 6.28. The molecule has 2 N–H and O–H groups in total. The zero-order valence-electron chi connectivity index (χ0n) is 26.7. The van der Waals surface area contributed by atoms with E-state index in [1.54, 1.807) is 24.3 Å². The number of aliphatic hydroxyl groups is 1. The topological polar surface area (TPSA) is 143 Å². The molecule has 4 aromatic carbocycles. The smallest absolute Gasteiger partial charge is 0.275 e. The lowest BCUT2D eigenvalue weighted by Gasteiger charge is -2.41. The number of nitro benzene ring substituents is 1. The normalized spacial score (nSPS) is 19.9. The number of benzene rings is 4. The Hall–Kier alpha value is -5.27. The van der Waals surface area contributed by atoms with Crippen LogP contribution in [0.3, 0.4) is 0 Å². The maximum Gasteiger partial charge on any atom is 0.275 e. The molecule has 0 bridgehead atoms. The van der Waals surface area contributed by atoms with Gasteiger partial charge in [-0.15, -0.1) is 0 Å². The highest BCUT2D eigenvalue weighted by atomic mass is 16.7. The SMILES string of the molecule is O=C(Nc1ccc([C@@H]2O[C@H](CN3CCN(c4ccc([N+](=O)[O-])cc4)CC3)C[C@H](c3ccc(CO)cc3)O2)cc1)c1cnc2ccccc2n1. The zero-order chi connectivity index (χ0) is 33.7. The van der Waals surface area contributed by atoms with Crippen LogP contribution in [0.4, 0.5) is 17.1 Å². The van der Waals surface area contributed by atoms with E-state index >= 15 is 0 Å². The number of hydrogen-bond donors (Lipinski definition) is 2. The number of anilines is 2. The standard InChI is InChI=1S/C37H36N6O6/c44-24-25-5-7-26(8-6-25)35-21-31(23-41-17-19-42(20-18-41)29-13-15-30(16-14-29)43(46)47)48-37(49-35)27-9-11-28(12-10-27)39-36(45)34-22-38-32-3-1-2-4-33(32)40-34/h1-16,22,31,35,37,44H,17-21,23-24H2,(H,39,45)/t31-,35+,37+/m0/s1. The van der Waals surface area contributed by atoms with Crippen LogP contribution in [-0.2, 0) is 16.1 Å². The number of nitrogens with zero attached hydrogens (tertiary/aromatic N) is 5. The van der Waals surface area contributed by atoms with Crippen molar-refractivity contribution in [3.63, 3.8) is 0 Å². The summed E-state index contributed by atoms with van der Waals surface area (Å²) in [4.78, 5) is 37.0. The van der Waals surface area contributed by atoms with Gasteiger partial charge in [0.2, 0.25) is 0 Å². The molecule has 3 atom stereocenters. The number of para-hydroxylation sites is 2. The fraction of sp³-hybridized carbons (Fsp3) is 0.270. The number of aliphatic hydroxyl groups excluding tert-OH is 1. The maximum atomic E-state index is 13.0. The highest BCUT2D eigenvalue weighted by Crippen LogP contribution is 2.38. The lowest BCUT2D eigenvalue weighted by Crippen LogP contribution is -2.49. The third-order valence-electron chi connectivity index (χ3n) is 9.00. The van der Waals surface area contributed by atoms with Crippen molar-refractivity contribution in [3.05, 3.63) is 136 Å². The number of hydrogen-bond acceptors (Lipinski definition) is 10. The van der Waals surface area contributed by atoms with Crippen molar-refractivity contribution in [3.8, 4) is 0 Å². The van der Waals surface area contributed by atoms with Gasteiger partial charge in [0.25, 0.3) is 11.6 Å². The van der Waals surface area contributed by atoms with Crippen LogP contribution in [0, 0.1) is 10.1 Å². The number of carbonyl (C=O) groups is 1. The van der Waals surface area contributed by atoms with Gasteiger partial charge in [-0.05, 0) is 47.5 Å². The zero-order valence-corrected chi connectivity index (χ0v) is 26.7. The minimum atomic E-state index is -0.626. The molecule has 5 aromatic rings. The van der Waals surface area contributed by atoms with Gasteiger partial charge >= 0.3 is 0 Å². The van der Waals surface area contributed by atoms with E-state index in [1.807, 2.05) is 72.8 Å². The van der Waals surface area contributed by atoms with E-state index in [0.717, 1.165) is 60.6 Å². The number of piperazine rings is 1. The second-order valence-electron chi connectivity index (χ2n) is 12.2. The molecule has 0 radical (unpaired) electrons. The monoisotopic (exact) mass is 660 g/mol. The highest BCUT2D eigenvalue weighted by molar-refractivity contribution is 6.03. The van der Waals surface area contributed by atoms with Gasteiger partial charge < -0.3 is 24.8 Å². The summed E-state index contributed by atoms with van der Waals surface area (Å²) >= 11 is 0. The van der Waals surface area contributed by atoms with Crippen LogP contribution < -0.4 is 10.2 Å². The van der Waals surface area contributed by atoms with Crippen LogP contribution in [0.25, 0.3) is 11.0 Å². The Kier molecular flexibility index (Phi) is 9.53. The predicted octanol–water partition coefficient (Wildman–Crippen LogP) is 5.65. The Morgan fingerprint density at radius 2 is 1.57 bits per heavy atom. The third-order valence-corrected chi connectivity index (χ3v) is 9.00. The Balaban J connectivity index is 1.02. The molecule has 2 aliphatic heterocycles. The van der Waals surface area contributed by atoms with E-state index in [9.17, 15) is 20.0 Å². The van der Waals surface area contributed by atoms with Crippen molar-refractivity contribution < 1.29 is 24.3 Å². The molecule has 2 fully saturated rings. The molecule has 0 aliphatic carbocycles. The summed E-state index contributed by atoms with van der Waals surface area (Å²) in [5.41, 5.74) is 5.95. The molecule has 12 nitrogen and oxygen atoms in total. The molecule has 2 saturated heterocycles. The molecule has 12 heteroatoms. The minimum absolute atomic E-state index is 0.0255. The number of non-ortho nitro benzene ring substituents is 1. The molecule has 1 aromatic heterocycles. The van der Waals surface area contributed by atoms with Gasteiger partial charge in [0.15, 0.2) is 6.29 Å². The molecular weight excluding hydrogens is 624 g/mol. The molecular formula is C37H36N6O6. The van der Waals surface area contributed by atoms with Gasteiger partial charge in [-0.2, -0.15) is 0 Å². The van der Waals surface area contributed by atoms with E-state index < -0.39 is 6.29 Å². The second-order valence-corrected chi connectivity index (χ2v) is 12.2. The second kappa shape index (κ2) is 14.5. The van der Waals surface area contributed by atoms with Crippen LogP contribution in [0.2, 0.25) is 0 Å². The molecule has 2 aliphatic rings. The van der Waals surface area contributed by atoms with Crippen LogP contribution in [0.1, 0.15) is 46.0 Å². The van der Waals surface area contributed by atoms with E-state index in [-0.39, 0.29) is 41.0 Å². The Morgan fingerprint density at radius 3 is 2.27 bits per heavy atom. The number of aromatic nitrogens is 2. The Labute approximate surface area is 283 Å². The first-order chi connectivity index (χ1) is 23.9. The van der Waals surface area contributed by atoms with E-state index in [4.69, 9.17) is 9.47 Å². The largest absolute Gasteiger partial charge is 0.392 e. The average molecular weight is 661 g/mol. The lowest BCUT2D eigenvalue weighted by atomic mass is 9.99. The Bertz CT molecular complexity index is 1910. The molecule has 49 heavy (non-hydrogen) atoms. The molecule has 0 spiro atoms. The fourth-order valence-corrected chi connectivity index (χ4v) is 6.28. The quantitative estimate of drug-likeness (QED) is 0.150. The molecule has 0 saturated carbocycles. The van der Waals surface area contributed by atoms with Crippen molar-refractivity contribution in [2.24, 2.45) is 0 Å². The van der Waals surface area contributed by atoms with Gasteiger partial charge in [0, 0.05) is 68.2 Å². The predicted molar refractivity (Wildman–Crippen MR) is 184 cm³/mol. The van der Waals surface area contributed by atoms with Crippen LogP contribution in [-0.4, -0.2) is 69.6 Å². The maximum absolute atomic E-state index is 13.0. The van der Waals surface area contributed by atoms with Crippen molar-refractivity contribution in [2.45, 2.75) is 31.5 Å². The van der Waals surface area contributed by atoms with Gasteiger partial charge in [-0.3, -0.25) is 24.8 Å². The van der Waals surface area contributed by atoms with Gasteiger partial charge in [0.1, 0.15) is 5.69 Å². The van der Waals surface area contributed by atoms with E-state index in [1.165, 1.54) is 6.20 Å². The summed E-state index contributed by atoms with van der Waals surface area (Å²) in [5.74, 6) is -0.351. The first-order valence-electron chi connectivity index (χ1n) is 16.3. The molecule has 7 rings (SSSR count). The van der Waals surface area contributed by atoms with Gasteiger partial charge in [-0.25, -0.2) is 4.98 Å². The highest BCUT2D eigenvalue weighted by Gasteiger charge is 2.34. The molecule has 250 valence electrons. The average Bonchev–Trinajstić information content (AvgIpc) is 3.15. The first kappa shape index (κ1) is 32.3. The molecule has 3 heterocycles. The van der Waals surface area contributed by atoms with Gasteiger partial charge in [-0.1, -0.05) is 48.5 Å². The summed E-state index contributed by atoms with van der Waals surface area (Å²) in [6, 6.07) is 29.3. The summed E-state index contributed by atoms with van der Waals surface area (Å²) in [5, 5.41) is 23.5. The Morgan fingerprint density at radius 1 is 0.878 bits per heavy atom. The van der Waals surface area contributed by atoms with Crippen LogP contribution in [0.5, 0.6) is 0 Å². The van der Waals surface area contributed by atoms with E-state index in [0.29, 0.717) is 17.6 Å².